The number of nitriles is 1. The summed E-state index contributed by atoms with van der Waals surface area (Å²) in [5.74, 6) is 0. The van der Waals surface area contributed by atoms with E-state index in [0.717, 1.165) is 21.3 Å². The van der Waals surface area contributed by atoms with E-state index in [1.165, 1.54) is 0 Å². The fourth-order valence-electron chi connectivity index (χ4n) is 1.45. The van der Waals surface area contributed by atoms with Crippen molar-refractivity contribution in [3.63, 3.8) is 0 Å². The average molecular weight is 263 g/mol. The van der Waals surface area contributed by atoms with Crippen LogP contribution in [0.1, 0.15) is 11.3 Å². The van der Waals surface area contributed by atoms with Gasteiger partial charge in [0.2, 0.25) is 0 Å². The Morgan fingerprint density at radius 3 is 2.94 bits per heavy atom. The number of hydrogen-bond donors (Lipinski definition) is 1. The molecule has 0 spiro atoms. The van der Waals surface area contributed by atoms with Crippen LogP contribution in [0.3, 0.4) is 0 Å². The minimum absolute atomic E-state index is 0.115. The minimum atomic E-state index is -0.353. The maximum absolute atomic E-state index is 11.4. The van der Waals surface area contributed by atoms with Gasteiger partial charge in [-0.3, -0.25) is 4.79 Å². The molecule has 1 N–H and O–H groups in total. The number of nitrogens with one attached hydrogen (secondary N) is 1. The molecule has 6 heteroatoms. The summed E-state index contributed by atoms with van der Waals surface area (Å²) in [6.45, 7) is 1.80. The van der Waals surface area contributed by atoms with Gasteiger partial charge in [-0.1, -0.05) is 11.8 Å². The van der Waals surface area contributed by atoms with E-state index in [-0.39, 0.29) is 11.1 Å². The topological polar surface area (TPSA) is 69.5 Å². The monoisotopic (exact) mass is 263 g/mol. The molecular formula is C11H9N3OS2. The lowest BCUT2D eigenvalue weighted by atomic mass is 10.1. The van der Waals surface area contributed by atoms with Crippen molar-refractivity contribution in [2.24, 2.45) is 0 Å². The Hall–Kier alpha value is -1.58. The Balaban J connectivity index is 2.59. The molecule has 2 aromatic rings. The van der Waals surface area contributed by atoms with Crippen molar-refractivity contribution >= 4 is 23.1 Å². The van der Waals surface area contributed by atoms with Crippen LogP contribution in [0, 0.1) is 18.3 Å². The maximum Gasteiger partial charge on any atom is 0.266 e. The largest absolute Gasteiger partial charge is 0.325 e. The fourth-order valence-corrected chi connectivity index (χ4v) is 2.71. The number of aromatic amines is 1. The Labute approximate surface area is 106 Å². The molecule has 0 aliphatic carbocycles. The van der Waals surface area contributed by atoms with Crippen LogP contribution >= 0.6 is 23.1 Å². The molecule has 86 valence electrons. The van der Waals surface area contributed by atoms with Gasteiger partial charge in [0.15, 0.2) is 0 Å². The van der Waals surface area contributed by atoms with Gasteiger partial charge in [-0.05, 0) is 19.2 Å². The number of rotatable bonds is 2. The van der Waals surface area contributed by atoms with Crippen molar-refractivity contribution in [3.8, 4) is 17.3 Å². The highest BCUT2D eigenvalue weighted by Gasteiger charge is 2.10. The van der Waals surface area contributed by atoms with Crippen LogP contribution in [0.5, 0.6) is 0 Å². The molecule has 0 radical (unpaired) electrons. The van der Waals surface area contributed by atoms with Crippen molar-refractivity contribution in [2.75, 3.05) is 6.26 Å². The molecule has 0 unspecified atom stereocenters. The molecule has 0 aliphatic rings. The smallest absolute Gasteiger partial charge is 0.266 e. The zero-order valence-electron chi connectivity index (χ0n) is 9.27. The van der Waals surface area contributed by atoms with E-state index in [2.05, 4.69) is 9.97 Å². The second kappa shape index (κ2) is 4.73. The summed E-state index contributed by atoms with van der Waals surface area (Å²) in [7, 11) is 0. The van der Waals surface area contributed by atoms with E-state index in [1.54, 1.807) is 36.1 Å². The molecule has 0 bridgehead atoms. The molecule has 0 saturated carbocycles. The number of H-pyrrole nitrogens is 1. The zero-order valence-corrected chi connectivity index (χ0v) is 10.9. The Kier molecular flexibility index (Phi) is 3.31. The molecule has 0 aromatic carbocycles. The van der Waals surface area contributed by atoms with Crippen molar-refractivity contribution in [1.29, 1.82) is 5.26 Å². The van der Waals surface area contributed by atoms with Crippen LogP contribution in [0.25, 0.3) is 11.3 Å². The van der Waals surface area contributed by atoms with Gasteiger partial charge < -0.3 is 4.98 Å². The number of pyridine rings is 1. The fraction of sp³-hybridized carbons (Fsp3) is 0.182. The number of hydrogen-bond acceptors (Lipinski definition) is 5. The lowest BCUT2D eigenvalue weighted by Gasteiger charge is -2.02. The molecule has 2 rings (SSSR count). The van der Waals surface area contributed by atoms with Crippen molar-refractivity contribution in [2.45, 2.75) is 11.3 Å². The second-order valence-electron chi connectivity index (χ2n) is 3.37. The van der Waals surface area contributed by atoms with Crippen molar-refractivity contribution in [1.82, 2.24) is 9.97 Å². The van der Waals surface area contributed by atoms with Gasteiger partial charge in [0, 0.05) is 16.6 Å². The SMILES string of the molecule is CSc1nc(-c2cc(C#N)c(=O)[nH]c2C)cs1. The van der Waals surface area contributed by atoms with Gasteiger partial charge in [0.05, 0.1) is 5.69 Å². The maximum atomic E-state index is 11.4. The number of thioether (sulfide) groups is 1. The van der Waals surface area contributed by atoms with Crippen LogP contribution in [0.4, 0.5) is 0 Å². The van der Waals surface area contributed by atoms with Gasteiger partial charge in [-0.2, -0.15) is 5.26 Å². The Morgan fingerprint density at radius 2 is 2.35 bits per heavy atom. The van der Waals surface area contributed by atoms with E-state index in [4.69, 9.17) is 5.26 Å². The molecule has 17 heavy (non-hydrogen) atoms. The molecule has 0 saturated heterocycles. The molecule has 2 aromatic heterocycles. The number of thiazole rings is 1. The molecule has 0 atom stereocenters. The first-order chi connectivity index (χ1) is 8.15. The van der Waals surface area contributed by atoms with Crippen LogP contribution in [-0.2, 0) is 0 Å². The van der Waals surface area contributed by atoms with Crippen molar-refractivity contribution < 1.29 is 0 Å². The first-order valence-corrected chi connectivity index (χ1v) is 6.90. The van der Waals surface area contributed by atoms with E-state index in [1.807, 2.05) is 17.7 Å². The van der Waals surface area contributed by atoms with Crippen LogP contribution < -0.4 is 5.56 Å². The van der Waals surface area contributed by atoms with E-state index in [9.17, 15) is 4.79 Å². The summed E-state index contributed by atoms with van der Waals surface area (Å²) >= 11 is 3.12. The van der Waals surface area contributed by atoms with Crippen LogP contribution in [0.2, 0.25) is 0 Å². The number of aryl methyl sites for hydroxylation is 1. The summed E-state index contributed by atoms with van der Waals surface area (Å²) < 4.78 is 0.962. The van der Waals surface area contributed by atoms with Crippen LogP contribution in [-0.4, -0.2) is 16.2 Å². The molecular weight excluding hydrogens is 254 g/mol. The van der Waals surface area contributed by atoms with Gasteiger partial charge in [0.25, 0.3) is 5.56 Å². The summed E-state index contributed by atoms with van der Waals surface area (Å²) in [4.78, 5) is 18.5. The Bertz CT molecular complexity index is 651. The highest BCUT2D eigenvalue weighted by atomic mass is 32.2. The van der Waals surface area contributed by atoms with E-state index in [0.29, 0.717) is 0 Å². The zero-order chi connectivity index (χ0) is 12.4. The highest BCUT2D eigenvalue weighted by molar-refractivity contribution is 8.00. The van der Waals surface area contributed by atoms with Crippen molar-refractivity contribution in [3.05, 3.63) is 33.1 Å². The van der Waals surface area contributed by atoms with Gasteiger partial charge >= 0.3 is 0 Å². The number of nitrogens with zero attached hydrogens (tertiary/aromatic N) is 2. The predicted molar refractivity (Wildman–Crippen MR) is 69.4 cm³/mol. The number of aromatic nitrogens is 2. The third-order valence-electron chi connectivity index (χ3n) is 2.29. The minimum Gasteiger partial charge on any atom is -0.325 e. The summed E-state index contributed by atoms with van der Waals surface area (Å²) in [5.41, 5.74) is 2.09. The highest BCUT2D eigenvalue weighted by Crippen LogP contribution is 2.27. The molecule has 0 aliphatic heterocycles. The molecule has 0 fully saturated rings. The van der Waals surface area contributed by atoms with Gasteiger partial charge in [-0.25, -0.2) is 4.98 Å². The normalized spacial score (nSPS) is 10.2. The Morgan fingerprint density at radius 1 is 1.59 bits per heavy atom. The molecule has 2 heterocycles. The summed E-state index contributed by atoms with van der Waals surface area (Å²) in [6.07, 6.45) is 1.96. The third-order valence-corrected chi connectivity index (χ3v) is 4.16. The molecule has 4 nitrogen and oxygen atoms in total. The lowest BCUT2D eigenvalue weighted by Crippen LogP contribution is -2.11. The van der Waals surface area contributed by atoms with Gasteiger partial charge in [-0.15, -0.1) is 11.3 Å². The quantitative estimate of drug-likeness (QED) is 0.845. The first kappa shape index (κ1) is 11.9. The van der Waals surface area contributed by atoms with Crippen LogP contribution in [0.15, 0.2) is 20.6 Å². The van der Waals surface area contributed by atoms with E-state index >= 15 is 0 Å². The predicted octanol–water partition coefficient (Wildman–Crippen LogP) is 2.40. The summed E-state index contributed by atoms with van der Waals surface area (Å²) in [6, 6.07) is 3.47. The standard InChI is InChI=1S/C11H9N3OS2/c1-6-8(3-7(4-12)10(15)13-6)9-5-17-11(14-9)16-2/h3,5H,1-2H3,(H,13,15). The van der Waals surface area contributed by atoms with E-state index < -0.39 is 0 Å². The molecule has 0 amide bonds. The third kappa shape index (κ3) is 2.25. The summed E-state index contributed by atoms with van der Waals surface area (Å²) in [5, 5.41) is 10.8. The average Bonchev–Trinajstić information content (AvgIpc) is 2.78. The second-order valence-corrected chi connectivity index (χ2v) is 5.28. The van der Waals surface area contributed by atoms with Gasteiger partial charge in [0.1, 0.15) is 16.0 Å². The first-order valence-electron chi connectivity index (χ1n) is 4.79. The lowest BCUT2D eigenvalue weighted by molar-refractivity contribution is 1.12.